The number of likely N-dealkylation sites (tertiary alicyclic amines) is 1. The third kappa shape index (κ3) is 3.31. The van der Waals surface area contributed by atoms with Crippen LogP contribution in [0.25, 0.3) is 0 Å². The smallest absolute Gasteiger partial charge is 0.251 e. The highest BCUT2D eigenvalue weighted by atomic mass is 16.5. The summed E-state index contributed by atoms with van der Waals surface area (Å²) >= 11 is 0. The molecular weight excluding hydrogens is 228 g/mol. The highest BCUT2D eigenvalue weighted by Gasteiger charge is 2.22. The first-order valence-electron chi connectivity index (χ1n) is 6.51. The fourth-order valence-corrected chi connectivity index (χ4v) is 2.32. The monoisotopic (exact) mass is 248 g/mol. The summed E-state index contributed by atoms with van der Waals surface area (Å²) in [7, 11) is 0. The molecule has 98 valence electrons. The van der Waals surface area contributed by atoms with Crippen molar-refractivity contribution in [3.05, 3.63) is 40.6 Å². The van der Waals surface area contributed by atoms with E-state index < -0.39 is 0 Å². The molecule has 1 saturated heterocycles. The van der Waals surface area contributed by atoms with Crippen molar-refractivity contribution in [1.82, 2.24) is 5.32 Å². The van der Waals surface area contributed by atoms with Gasteiger partial charge in [-0.2, -0.15) is 0 Å². The first-order valence-corrected chi connectivity index (χ1v) is 6.51. The van der Waals surface area contributed by atoms with Crippen LogP contribution in [0.5, 0.6) is 0 Å². The second-order valence-corrected chi connectivity index (χ2v) is 5.06. The molecule has 0 spiro atoms. The normalized spacial score (nSPS) is 17.7. The topological polar surface area (TPSA) is 52.2 Å². The number of nitrogens with zero attached hydrogens (tertiary/aromatic N) is 1. The molecule has 1 aliphatic rings. The van der Waals surface area contributed by atoms with Gasteiger partial charge >= 0.3 is 0 Å². The van der Waals surface area contributed by atoms with Crippen LogP contribution in [-0.2, 0) is 0 Å². The largest absolute Gasteiger partial charge is 0.633 e. The van der Waals surface area contributed by atoms with E-state index in [4.69, 9.17) is 0 Å². The lowest BCUT2D eigenvalue weighted by molar-refractivity contribution is -0.866. The van der Waals surface area contributed by atoms with Gasteiger partial charge in [-0.15, -0.1) is 0 Å². The second kappa shape index (κ2) is 5.50. The summed E-state index contributed by atoms with van der Waals surface area (Å²) < 4.78 is -0.145. The van der Waals surface area contributed by atoms with Gasteiger partial charge in [0.25, 0.3) is 5.91 Å². The quantitative estimate of drug-likeness (QED) is 0.653. The Bertz CT molecular complexity index is 408. The van der Waals surface area contributed by atoms with Crippen LogP contribution in [0.1, 0.15) is 28.8 Å². The van der Waals surface area contributed by atoms with E-state index in [0.717, 1.165) is 18.4 Å². The number of hydroxylamine groups is 3. The van der Waals surface area contributed by atoms with Crippen LogP contribution in [0.4, 0.5) is 0 Å². The Morgan fingerprint density at radius 3 is 2.50 bits per heavy atom. The predicted octanol–water partition coefficient (Wildman–Crippen LogP) is 1.83. The number of amides is 1. The summed E-state index contributed by atoms with van der Waals surface area (Å²) in [4.78, 5) is 11.8. The third-order valence-electron chi connectivity index (χ3n) is 3.50. The van der Waals surface area contributed by atoms with Gasteiger partial charge < -0.3 is 15.2 Å². The van der Waals surface area contributed by atoms with Crippen LogP contribution in [0, 0.1) is 12.1 Å². The molecule has 18 heavy (non-hydrogen) atoms. The molecule has 0 unspecified atom stereocenters. The van der Waals surface area contributed by atoms with Gasteiger partial charge in [0.1, 0.15) is 0 Å². The van der Waals surface area contributed by atoms with Crippen LogP contribution in [0.3, 0.4) is 0 Å². The molecule has 1 amide bonds. The SMILES string of the molecule is Cc1ccc(C(=O)NCC[N+]2([O-])CCCC2)cc1. The number of nitrogens with one attached hydrogen (secondary N) is 1. The highest BCUT2D eigenvalue weighted by Crippen LogP contribution is 2.16. The number of rotatable bonds is 4. The van der Waals surface area contributed by atoms with Crippen molar-refractivity contribution in [2.75, 3.05) is 26.2 Å². The van der Waals surface area contributed by atoms with Crippen molar-refractivity contribution in [2.45, 2.75) is 19.8 Å². The predicted molar refractivity (Wildman–Crippen MR) is 71.0 cm³/mol. The molecule has 1 N–H and O–H groups in total. The second-order valence-electron chi connectivity index (χ2n) is 5.06. The standard InChI is InChI=1S/C14H20N2O2/c1-12-4-6-13(7-5-12)14(17)15-8-11-16(18)9-2-3-10-16/h4-7H,2-3,8-11H2,1H3,(H,15,17). The minimum atomic E-state index is -0.145. The minimum Gasteiger partial charge on any atom is -0.633 e. The first-order chi connectivity index (χ1) is 8.59. The van der Waals surface area contributed by atoms with E-state index >= 15 is 0 Å². The molecular formula is C14H20N2O2. The number of carbonyl (C=O) groups excluding carboxylic acids is 1. The molecule has 1 fully saturated rings. The lowest BCUT2D eigenvalue weighted by Crippen LogP contribution is -2.44. The zero-order valence-corrected chi connectivity index (χ0v) is 10.8. The Morgan fingerprint density at radius 1 is 1.28 bits per heavy atom. The zero-order valence-electron chi connectivity index (χ0n) is 10.8. The molecule has 0 atom stereocenters. The van der Waals surface area contributed by atoms with E-state index in [0.29, 0.717) is 31.7 Å². The maximum Gasteiger partial charge on any atom is 0.251 e. The van der Waals surface area contributed by atoms with Gasteiger partial charge in [-0.1, -0.05) is 17.7 Å². The Hall–Kier alpha value is -1.39. The molecule has 0 saturated carbocycles. The number of hydrogen-bond donors (Lipinski definition) is 1. The summed E-state index contributed by atoms with van der Waals surface area (Å²) in [6, 6.07) is 7.44. The maximum absolute atomic E-state index is 12.1. The molecule has 0 aliphatic carbocycles. The first kappa shape index (κ1) is 13.1. The molecule has 2 rings (SSSR count). The molecule has 0 radical (unpaired) electrons. The average molecular weight is 248 g/mol. The molecule has 1 heterocycles. The minimum absolute atomic E-state index is 0.0965. The van der Waals surface area contributed by atoms with E-state index in [1.165, 1.54) is 0 Å². The van der Waals surface area contributed by atoms with E-state index in [-0.39, 0.29) is 10.6 Å². The molecule has 0 aromatic heterocycles. The number of hydrogen-bond acceptors (Lipinski definition) is 2. The molecule has 4 heteroatoms. The van der Waals surface area contributed by atoms with Crippen molar-refractivity contribution in [2.24, 2.45) is 0 Å². The Balaban J connectivity index is 1.79. The molecule has 4 nitrogen and oxygen atoms in total. The van der Waals surface area contributed by atoms with Crippen molar-refractivity contribution in [3.8, 4) is 0 Å². The Morgan fingerprint density at radius 2 is 1.89 bits per heavy atom. The van der Waals surface area contributed by atoms with E-state index in [2.05, 4.69) is 5.32 Å². The zero-order chi connectivity index (χ0) is 13.0. The summed E-state index contributed by atoms with van der Waals surface area (Å²) in [5.74, 6) is -0.0965. The maximum atomic E-state index is 12.1. The fourth-order valence-electron chi connectivity index (χ4n) is 2.32. The van der Waals surface area contributed by atoms with Gasteiger partial charge in [0.2, 0.25) is 0 Å². The van der Waals surface area contributed by atoms with Crippen LogP contribution in [0.15, 0.2) is 24.3 Å². The van der Waals surface area contributed by atoms with E-state index in [1.807, 2.05) is 31.2 Å². The summed E-state index contributed by atoms with van der Waals surface area (Å²) in [6.07, 6.45) is 2.02. The van der Waals surface area contributed by atoms with Gasteiger partial charge in [-0.25, -0.2) is 0 Å². The number of carbonyl (C=O) groups is 1. The summed E-state index contributed by atoms with van der Waals surface area (Å²) in [5.41, 5.74) is 1.78. The summed E-state index contributed by atoms with van der Waals surface area (Å²) in [6.45, 7) is 4.31. The van der Waals surface area contributed by atoms with Crippen LogP contribution in [0.2, 0.25) is 0 Å². The van der Waals surface area contributed by atoms with Crippen LogP contribution >= 0.6 is 0 Å². The highest BCUT2D eigenvalue weighted by molar-refractivity contribution is 5.94. The van der Waals surface area contributed by atoms with Gasteiger partial charge in [-0.05, 0) is 19.1 Å². The van der Waals surface area contributed by atoms with E-state index in [1.54, 1.807) is 0 Å². The summed E-state index contributed by atoms with van der Waals surface area (Å²) in [5, 5.41) is 14.9. The molecule has 1 aliphatic heterocycles. The van der Waals surface area contributed by atoms with Crippen molar-refractivity contribution >= 4 is 5.91 Å². The number of benzene rings is 1. The average Bonchev–Trinajstić information content (AvgIpc) is 2.77. The lowest BCUT2D eigenvalue weighted by Gasteiger charge is -2.38. The van der Waals surface area contributed by atoms with Crippen LogP contribution < -0.4 is 5.32 Å². The van der Waals surface area contributed by atoms with Gasteiger partial charge in [0, 0.05) is 18.4 Å². The molecule has 0 bridgehead atoms. The molecule has 1 aromatic carbocycles. The Labute approximate surface area is 108 Å². The fraction of sp³-hybridized carbons (Fsp3) is 0.500. The lowest BCUT2D eigenvalue weighted by atomic mass is 10.1. The third-order valence-corrected chi connectivity index (χ3v) is 3.50. The van der Waals surface area contributed by atoms with Gasteiger partial charge in [0.15, 0.2) is 0 Å². The van der Waals surface area contributed by atoms with Crippen molar-refractivity contribution in [1.29, 1.82) is 0 Å². The van der Waals surface area contributed by atoms with Crippen LogP contribution in [-0.4, -0.2) is 36.7 Å². The Kier molecular flexibility index (Phi) is 3.99. The molecule has 1 aromatic rings. The number of quaternary nitrogens is 1. The van der Waals surface area contributed by atoms with Gasteiger partial charge in [0.05, 0.1) is 26.2 Å². The van der Waals surface area contributed by atoms with Crippen molar-refractivity contribution < 1.29 is 9.44 Å². The van der Waals surface area contributed by atoms with Crippen molar-refractivity contribution in [3.63, 3.8) is 0 Å². The number of aryl methyl sites for hydroxylation is 1. The van der Waals surface area contributed by atoms with Gasteiger partial charge in [-0.3, -0.25) is 4.79 Å². The van der Waals surface area contributed by atoms with E-state index in [9.17, 15) is 10.0 Å².